The van der Waals surface area contributed by atoms with Crippen LogP contribution in [0.15, 0.2) is 70.2 Å². The number of thiocarbonyl (C=S) groups is 1. The Kier molecular flexibility index (Phi) is 5.56. The number of hydrogen-bond acceptors (Lipinski definition) is 2. The van der Waals surface area contributed by atoms with Gasteiger partial charge >= 0.3 is 0 Å². The van der Waals surface area contributed by atoms with E-state index in [2.05, 4.69) is 52.4 Å². The summed E-state index contributed by atoms with van der Waals surface area (Å²) in [7, 11) is 0. The third-order valence-corrected chi connectivity index (χ3v) is 4.45. The van der Waals surface area contributed by atoms with Gasteiger partial charge in [-0.05, 0) is 80.2 Å². The van der Waals surface area contributed by atoms with Crippen molar-refractivity contribution in [2.45, 2.75) is 32.6 Å². The number of aliphatic imine (C=N–C) groups is 1. The van der Waals surface area contributed by atoms with Gasteiger partial charge < -0.3 is 0 Å². The smallest absolute Gasteiger partial charge is 0.134 e. The van der Waals surface area contributed by atoms with Gasteiger partial charge in [0.25, 0.3) is 0 Å². The molecule has 0 atom stereocenters. The van der Waals surface area contributed by atoms with Crippen LogP contribution in [0, 0.1) is 11.8 Å². The normalized spacial score (nSPS) is 16.8. The van der Waals surface area contributed by atoms with Crippen molar-refractivity contribution in [3.63, 3.8) is 0 Å². The third kappa shape index (κ3) is 4.51. The number of hydrogen-bond donors (Lipinski definition) is 0. The SMILES string of the molecule is CC1=CC(F)=C(C#Cc2ccc(C3=CC=C(N=C=S)CC3)cc2)CC1. The van der Waals surface area contributed by atoms with Crippen molar-refractivity contribution >= 4 is 23.0 Å². The van der Waals surface area contributed by atoms with Crippen LogP contribution in [0.3, 0.4) is 0 Å². The molecule has 0 aromatic heterocycles. The quantitative estimate of drug-likeness (QED) is 0.354. The second-order valence-corrected chi connectivity index (χ2v) is 6.38. The molecule has 0 bridgehead atoms. The number of nitrogens with zero attached hydrogens (tertiary/aromatic N) is 1. The van der Waals surface area contributed by atoms with Gasteiger partial charge in [-0.1, -0.05) is 35.6 Å². The maximum atomic E-state index is 13.9. The van der Waals surface area contributed by atoms with Gasteiger partial charge in [0.15, 0.2) is 0 Å². The third-order valence-electron chi connectivity index (χ3n) is 4.36. The monoisotopic (exact) mass is 347 g/mol. The molecule has 0 aliphatic heterocycles. The Morgan fingerprint density at radius 2 is 1.80 bits per heavy atom. The molecule has 1 aromatic carbocycles. The highest BCUT2D eigenvalue weighted by Gasteiger charge is 2.09. The summed E-state index contributed by atoms with van der Waals surface area (Å²) in [6.45, 7) is 1.95. The maximum Gasteiger partial charge on any atom is 0.134 e. The molecule has 0 radical (unpaired) electrons. The lowest BCUT2D eigenvalue weighted by Crippen LogP contribution is -1.93. The summed E-state index contributed by atoms with van der Waals surface area (Å²) in [5.41, 5.74) is 5.97. The molecule has 124 valence electrons. The Balaban J connectivity index is 1.75. The summed E-state index contributed by atoms with van der Waals surface area (Å²) in [5.74, 6) is 5.86. The zero-order chi connectivity index (χ0) is 17.6. The molecule has 3 rings (SSSR count). The molecular weight excluding hydrogens is 329 g/mol. The summed E-state index contributed by atoms with van der Waals surface area (Å²) >= 11 is 4.63. The predicted octanol–water partition coefficient (Wildman–Crippen LogP) is 6.17. The first-order valence-corrected chi connectivity index (χ1v) is 8.72. The van der Waals surface area contributed by atoms with Crippen molar-refractivity contribution in [3.05, 3.63) is 76.3 Å². The maximum absolute atomic E-state index is 13.9. The van der Waals surface area contributed by atoms with E-state index in [0.29, 0.717) is 12.0 Å². The molecule has 0 saturated carbocycles. The van der Waals surface area contributed by atoms with Crippen LogP contribution < -0.4 is 0 Å². The molecule has 0 fully saturated rings. The molecule has 3 heteroatoms. The van der Waals surface area contributed by atoms with E-state index >= 15 is 0 Å². The molecule has 0 saturated heterocycles. The minimum Gasteiger partial charge on any atom is -0.206 e. The highest BCUT2D eigenvalue weighted by Crippen LogP contribution is 2.27. The first-order valence-electron chi connectivity index (χ1n) is 8.31. The van der Waals surface area contributed by atoms with E-state index < -0.39 is 0 Å². The van der Waals surface area contributed by atoms with Crippen LogP contribution in [-0.2, 0) is 0 Å². The predicted molar refractivity (Wildman–Crippen MR) is 105 cm³/mol. The van der Waals surface area contributed by atoms with E-state index in [9.17, 15) is 4.39 Å². The van der Waals surface area contributed by atoms with Crippen LogP contribution in [0.5, 0.6) is 0 Å². The van der Waals surface area contributed by atoms with Gasteiger partial charge in [0, 0.05) is 11.1 Å². The van der Waals surface area contributed by atoms with Crippen LogP contribution in [0.1, 0.15) is 43.7 Å². The van der Waals surface area contributed by atoms with Crippen LogP contribution >= 0.6 is 12.2 Å². The largest absolute Gasteiger partial charge is 0.206 e. The number of rotatable bonds is 2. The lowest BCUT2D eigenvalue weighted by Gasteiger charge is -2.11. The fraction of sp³-hybridized carbons (Fsp3) is 0.227. The second kappa shape index (κ2) is 8.03. The van der Waals surface area contributed by atoms with E-state index in [1.807, 2.05) is 25.1 Å². The zero-order valence-electron chi connectivity index (χ0n) is 14.1. The minimum absolute atomic E-state index is 0.193. The number of halogens is 1. The Hall–Kier alpha value is -2.53. The lowest BCUT2D eigenvalue weighted by atomic mass is 9.95. The van der Waals surface area contributed by atoms with Crippen molar-refractivity contribution in [1.29, 1.82) is 0 Å². The molecule has 0 spiro atoms. The molecule has 1 nitrogen and oxygen atoms in total. The molecule has 0 heterocycles. The Labute approximate surface area is 153 Å². The number of allylic oxidation sites excluding steroid dienone is 8. The van der Waals surface area contributed by atoms with Gasteiger partial charge in [0.05, 0.1) is 10.9 Å². The van der Waals surface area contributed by atoms with Crippen LogP contribution in [0.25, 0.3) is 5.57 Å². The Bertz CT molecular complexity index is 911. The van der Waals surface area contributed by atoms with Gasteiger partial charge in [-0.3, -0.25) is 0 Å². The van der Waals surface area contributed by atoms with Crippen molar-refractivity contribution < 1.29 is 4.39 Å². The summed E-state index contributed by atoms with van der Waals surface area (Å²) in [4.78, 5) is 4.03. The molecule has 2 aliphatic rings. The highest BCUT2D eigenvalue weighted by atomic mass is 32.1. The van der Waals surface area contributed by atoms with E-state index in [4.69, 9.17) is 0 Å². The van der Waals surface area contributed by atoms with Crippen molar-refractivity contribution in [2.75, 3.05) is 0 Å². The lowest BCUT2D eigenvalue weighted by molar-refractivity contribution is 0.638. The van der Waals surface area contributed by atoms with Crippen molar-refractivity contribution in [1.82, 2.24) is 0 Å². The molecular formula is C22H18FNS. The summed E-state index contributed by atoms with van der Waals surface area (Å²) in [5, 5.41) is 2.41. The molecule has 0 N–H and O–H groups in total. The summed E-state index contributed by atoms with van der Waals surface area (Å²) in [6, 6.07) is 8.10. The fourth-order valence-electron chi connectivity index (χ4n) is 2.87. The van der Waals surface area contributed by atoms with Gasteiger partial charge in [-0.2, -0.15) is 4.99 Å². The Morgan fingerprint density at radius 3 is 2.44 bits per heavy atom. The summed E-state index contributed by atoms with van der Waals surface area (Å²) < 4.78 is 13.9. The van der Waals surface area contributed by atoms with Crippen LogP contribution in [0.2, 0.25) is 0 Å². The molecule has 25 heavy (non-hydrogen) atoms. The fourth-order valence-corrected chi connectivity index (χ4v) is 2.99. The topological polar surface area (TPSA) is 12.4 Å². The minimum atomic E-state index is -0.193. The van der Waals surface area contributed by atoms with Gasteiger partial charge in [0.2, 0.25) is 0 Å². The molecule has 0 unspecified atom stereocenters. The highest BCUT2D eigenvalue weighted by molar-refractivity contribution is 7.78. The summed E-state index contributed by atoms with van der Waals surface area (Å²) in [6.07, 6.45) is 9.02. The van der Waals surface area contributed by atoms with Crippen LogP contribution in [-0.4, -0.2) is 5.16 Å². The average Bonchev–Trinajstić information content (AvgIpc) is 2.62. The average molecular weight is 347 g/mol. The zero-order valence-corrected chi connectivity index (χ0v) is 14.9. The first kappa shape index (κ1) is 17.3. The van der Waals surface area contributed by atoms with E-state index in [1.165, 1.54) is 11.1 Å². The standard InChI is InChI=1S/C22H18FNS/c1-16-2-6-20(22(23)14-16)9-5-17-3-7-18(8-4-17)19-10-12-21(13-11-19)24-15-25/h3-4,7-8,10,12,14H,2,6,11,13H2,1H3. The second-order valence-electron chi connectivity index (χ2n) is 6.20. The van der Waals surface area contributed by atoms with Gasteiger partial charge in [-0.15, -0.1) is 0 Å². The van der Waals surface area contributed by atoms with Crippen LogP contribution in [0.4, 0.5) is 4.39 Å². The van der Waals surface area contributed by atoms with E-state index in [-0.39, 0.29) is 5.83 Å². The molecule has 0 amide bonds. The number of isothiocyanates is 1. The van der Waals surface area contributed by atoms with E-state index in [1.54, 1.807) is 6.08 Å². The first-order chi connectivity index (χ1) is 12.2. The van der Waals surface area contributed by atoms with E-state index in [0.717, 1.165) is 36.1 Å². The van der Waals surface area contributed by atoms with Gasteiger partial charge in [-0.25, -0.2) is 4.39 Å². The number of benzene rings is 1. The van der Waals surface area contributed by atoms with Gasteiger partial charge in [0.1, 0.15) is 5.83 Å². The molecule has 1 aromatic rings. The Morgan fingerprint density at radius 1 is 1.00 bits per heavy atom. The van der Waals surface area contributed by atoms with Crippen molar-refractivity contribution in [2.24, 2.45) is 4.99 Å². The molecule has 2 aliphatic carbocycles. The van der Waals surface area contributed by atoms with Crippen molar-refractivity contribution in [3.8, 4) is 11.8 Å².